The molecule has 0 saturated carbocycles. The van der Waals surface area contributed by atoms with Crippen molar-refractivity contribution < 1.29 is 22.7 Å². The molecule has 1 aromatic rings. The third kappa shape index (κ3) is 11.7. The normalized spacial score (nSPS) is 9.52. The van der Waals surface area contributed by atoms with Gasteiger partial charge in [-0.3, -0.25) is 0 Å². The topological polar surface area (TPSA) is 55.6 Å². The standard InChI is InChI=1S/C10H13F3N2O.C2H4O.C2H6/c1-15(7-6-14)8-2-4-9(5-3-8)16-10(11,12)13;1-2-3;1-2/h2-5H,6-7,14H2,1H3;2H,1H3;1-2H3. The van der Waals surface area contributed by atoms with Crippen LogP contribution in [0, 0.1) is 0 Å². The van der Waals surface area contributed by atoms with E-state index < -0.39 is 6.36 Å². The summed E-state index contributed by atoms with van der Waals surface area (Å²) in [5, 5.41) is 0. The van der Waals surface area contributed by atoms with E-state index in [1.807, 2.05) is 25.8 Å². The summed E-state index contributed by atoms with van der Waals surface area (Å²) in [5.74, 6) is -0.225. The molecule has 4 nitrogen and oxygen atoms in total. The predicted octanol–water partition coefficient (Wildman–Crippen LogP) is 3.21. The Bertz CT molecular complexity index is 367. The van der Waals surface area contributed by atoms with Crippen LogP contribution in [0.15, 0.2) is 24.3 Å². The van der Waals surface area contributed by atoms with Crippen LogP contribution in [-0.4, -0.2) is 32.8 Å². The van der Waals surface area contributed by atoms with Gasteiger partial charge in [0.05, 0.1) is 0 Å². The molecule has 0 aliphatic heterocycles. The van der Waals surface area contributed by atoms with Gasteiger partial charge in [0.2, 0.25) is 0 Å². The average molecular weight is 308 g/mol. The van der Waals surface area contributed by atoms with Crippen LogP contribution in [0.4, 0.5) is 18.9 Å². The summed E-state index contributed by atoms with van der Waals surface area (Å²) in [7, 11) is 1.81. The van der Waals surface area contributed by atoms with Crippen molar-refractivity contribution in [3.05, 3.63) is 24.3 Å². The molecular weight excluding hydrogens is 285 g/mol. The van der Waals surface area contributed by atoms with Crippen LogP contribution in [0.1, 0.15) is 20.8 Å². The number of alkyl halides is 3. The molecule has 7 heteroatoms. The van der Waals surface area contributed by atoms with Crippen molar-refractivity contribution in [1.82, 2.24) is 0 Å². The number of aldehydes is 1. The second-order valence-corrected chi connectivity index (χ2v) is 3.49. The molecule has 0 amide bonds. The van der Waals surface area contributed by atoms with Crippen LogP contribution < -0.4 is 15.4 Å². The summed E-state index contributed by atoms with van der Waals surface area (Å²) in [6, 6.07) is 5.65. The summed E-state index contributed by atoms with van der Waals surface area (Å²) in [6.45, 7) is 6.57. The molecule has 0 fully saturated rings. The molecule has 0 radical (unpaired) electrons. The minimum atomic E-state index is -4.65. The molecule has 0 aliphatic carbocycles. The lowest BCUT2D eigenvalue weighted by atomic mass is 10.3. The zero-order valence-electron chi connectivity index (χ0n) is 12.8. The SMILES string of the molecule is CC.CC=O.CN(CCN)c1ccc(OC(F)(F)F)cc1. The first-order valence-corrected chi connectivity index (χ1v) is 6.50. The number of hydrogen-bond acceptors (Lipinski definition) is 4. The number of rotatable bonds is 4. The molecule has 0 unspecified atom stereocenters. The Hall–Kier alpha value is -1.76. The van der Waals surface area contributed by atoms with Gasteiger partial charge in [0, 0.05) is 25.8 Å². The van der Waals surface area contributed by atoms with Crippen molar-refractivity contribution in [2.45, 2.75) is 27.1 Å². The molecule has 0 saturated heterocycles. The lowest BCUT2D eigenvalue weighted by Gasteiger charge is -2.18. The lowest BCUT2D eigenvalue weighted by molar-refractivity contribution is -0.274. The van der Waals surface area contributed by atoms with E-state index in [4.69, 9.17) is 10.5 Å². The van der Waals surface area contributed by atoms with Gasteiger partial charge in [-0.2, -0.15) is 0 Å². The number of likely N-dealkylation sites (N-methyl/N-ethyl adjacent to an activating group) is 1. The molecular formula is C14H23F3N2O2. The maximum Gasteiger partial charge on any atom is 0.573 e. The highest BCUT2D eigenvalue weighted by Crippen LogP contribution is 2.24. The second kappa shape index (κ2) is 12.0. The van der Waals surface area contributed by atoms with Crippen molar-refractivity contribution in [3.8, 4) is 5.75 Å². The van der Waals surface area contributed by atoms with E-state index in [0.29, 0.717) is 13.1 Å². The molecule has 21 heavy (non-hydrogen) atoms. The number of halogens is 3. The highest BCUT2D eigenvalue weighted by molar-refractivity contribution is 5.48. The van der Waals surface area contributed by atoms with Crippen molar-refractivity contribution >= 4 is 12.0 Å². The van der Waals surface area contributed by atoms with E-state index >= 15 is 0 Å². The van der Waals surface area contributed by atoms with Gasteiger partial charge in [-0.25, -0.2) is 0 Å². The summed E-state index contributed by atoms with van der Waals surface area (Å²) < 4.78 is 39.4. The average Bonchev–Trinajstić information content (AvgIpc) is 2.41. The Morgan fingerprint density at radius 1 is 1.24 bits per heavy atom. The Labute approximate surface area is 123 Å². The van der Waals surface area contributed by atoms with Crippen molar-refractivity contribution in [3.63, 3.8) is 0 Å². The van der Waals surface area contributed by atoms with E-state index in [1.165, 1.54) is 19.1 Å². The second-order valence-electron chi connectivity index (χ2n) is 3.49. The van der Waals surface area contributed by atoms with E-state index in [9.17, 15) is 13.2 Å². The maximum absolute atomic E-state index is 11.9. The summed E-state index contributed by atoms with van der Waals surface area (Å²) in [4.78, 5) is 10.7. The quantitative estimate of drug-likeness (QED) is 0.868. The van der Waals surface area contributed by atoms with Crippen LogP contribution in [0.3, 0.4) is 0 Å². The Kier molecular flexibility index (Phi) is 12.3. The Balaban J connectivity index is 0. The fourth-order valence-corrected chi connectivity index (χ4v) is 1.23. The smallest absolute Gasteiger partial charge is 0.406 e. The van der Waals surface area contributed by atoms with E-state index in [0.717, 1.165) is 12.0 Å². The predicted molar refractivity (Wildman–Crippen MR) is 78.5 cm³/mol. The molecule has 0 aliphatic rings. The zero-order valence-corrected chi connectivity index (χ0v) is 12.8. The number of ether oxygens (including phenoxy) is 1. The molecule has 0 heterocycles. The first-order chi connectivity index (χ1) is 9.84. The molecule has 0 atom stereocenters. The summed E-state index contributed by atoms with van der Waals surface area (Å²) in [5.41, 5.74) is 6.16. The van der Waals surface area contributed by atoms with Gasteiger partial charge in [0.25, 0.3) is 0 Å². The van der Waals surface area contributed by atoms with Gasteiger partial charge in [-0.1, -0.05) is 13.8 Å². The highest BCUT2D eigenvalue weighted by atomic mass is 19.4. The van der Waals surface area contributed by atoms with E-state index in [-0.39, 0.29) is 5.75 Å². The number of nitrogens with two attached hydrogens (primary N) is 1. The third-order valence-corrected chi connectivity index (χ3v) is 1.98. The fourth-order valence-electron chi connectivity index (χ4n) is 1.23. The highest BCUT2D eigenvalue weighted by Gasteiger charge is 2.30. The van der Waals surface area contributed by atoms with Crippen LogP contribution in [-0.2, 0) is 4.79 Å². The van der Waals surface area contributed by atoms with Gasteiger partial charge < -0.3 is 20.2 Å². The Morgan fingerprint density at radius 3 is 2.00 bits per heavy atom. The van der Waals surface area contributed by atoms with Crippen LogP contribution in [0.5, 0.6) is 5.75 Å². The molecule has 1 rings (SSSR count). The monoisotopic (exact) mass is 308 g/mol. The number of hydrogen-bond donors (Lipinski definition) is 1. The first kappa shape index (κ1) is 21.5. The number of carbonyl (C=O) groups excluding carboxylic acids is 1. The molecule has 0 aromatic heterocycles. The lowest BCUT2D eigenvalue weighted by Crippen LogP contribution is -2.24. The molecule has 0 bridgehead atoms. The number of benzene rings is 1. The zero-order chi connectivity index (χ0) is 16.9. The molecule has 1 aromatic carbocycles. The minimum absolute atomic E-state index is 0.225. The fraction of sp³-hybridized carbons (Fsp3) is 0.500. The van der Waals surface area contributed by atoms with Crippen molar-refractivity contribution in [2.24, 2.45) is 5.73 Å². The maximum atomic E-state index is 11.9. The first-order valence-electron chi connectivity index (χ1n) is 6.50. The summed E-state index contributed by atoms with van der Waals surface area (Å²) >= 11 is 0. The van der Waals surface area contributed by atoms with Gasteiger partial charge >= 0.3 is 6.36 Å². The third-order valence-electron chi connectivity index (χ3n) is 1.98. The van der Waals surface area contributed by atoms with Crippen LogP contribution in [0.25, 0.3) is 0 Å². The molecule has 0 spiro atoms. The van der Waals surface area contributed by atoms with Gasteiger partial charge in [0.1, 0.15) is 12.0 Å². The van der Waals surface area contributed by atoms with E-state index in [2.05, 4.69) is 4.74 Å². The minimum Gasteiger partial charge on any atom is -0.406 e. The van der Waals surface area contributed by atoms with E-state index in [1.54, 1.807) is 12.1 Å². The van der Waals surface area contributed by atoms with Crippen molar-refractivity contribution in [1.29, 1.82) is 0 Å². The van der Waals surface area contributed by atoms with Crippen LogP contribution in [0.2, 0.25) is 0 Å². The Morgan fingerprint density at radius 2 is 1.67 bits per heavy atom. The summed E-state index contributed by atoms with van der Waals surface area (Å²) in [6.07, 6.45) is -3.90. The van der Waals surface area contributed by atoms with Gasteiger partial charge in [0.15, 0.2) is 0 Å². The van der Waals surface area contributed by atoms with Gasteiger partial charge in [-0.05, 0) is 31.2 Å². The van der Waals surface area contributed by atoms with Gasteiger partial charge in [-0.15, -0.1) is 13.2 Å². The largest absolute Gasteiger partial charge is 0.573 e. The molecule has 122 valence electrons. The van der Waals surface area contributed by atoms with Crippen molar-refractivity contribution in [2.75, 3.05) is 25.0 Å². The van der Waals surface area contributed by atoms with Crippen LogP contribution >= 0.6 is 0 Å². The number of carbonyl (C=O) groups is 1. The number of nitrogens with zero attached hydrogens (tertiary/aromatic N) is 1. The molecule has 2 N–H and O–H groups in total. The number of anilines is 1.